The standard InChI is InChI=1S/C7H16B2O2/c8-6(9)5-1-3-7(10,11)4-2-5/h5-6,10-11H,1-4,8-9H2. The van der Waals surface area contributed by atoms with Gasteiger partial charge in [0.25, 0.3) is 0 Å². The molecule has 0 heterocycles. The van der Waals surface area contributed by atoms with Crippen molar-refractivity contribution >= 4 is 15.7 Å². The third kappa shape index (κ3) is 2.53. The van der Waals surface area contributed by atoms with Crippen LogP contribution in [0.3, 0.4) is 0 Å². The van der Waals surface area contributed by atoms with E-state index in [0.29, 0.717) is 24.5 Å². The van der Waals surface area contributed by atoms with Crippen molar-refractivity contribution in [2.24, 2.45) is 5.92 Å². The van der Waals surface area contributed by atoms with E-state index in [1.165, 1.54) is 0 Å². The lowest BCUT2D eigenvalue weighted by atomic mass is 9.59. The van der Waals surface area contributed by atoms with Gasteiger partial charge in [0, 0.05) is 12.8 Å². The fourth-order valence-electron chi connectivity index (χ4n) is 1.77. The highest BCUT2D eigenvalue weighted by molar-refractivity contribution is 6.35. The number of hydrogen-bond donors (Lipinski definition) is 2. The molecule has 62 valence electrons. The highest BCUT2D eigenvalue weighted by Crippen LogP contribution is 2.34. The molecular weight excluding hydrogens is 138 g/mol. The van der Waals surface area contributed by atoms with Crippen LogP contribution >= 0.6 is 0 Å². The molecule has 2 nitrogen and oxygen atoms in total. The lowest BCUT2D eigenvalue weighted by Crippen LogP contribution is -2.34. The number of rotatable bonds is 1. The van der Waals surface area contributed by atoms with E-state index in [0.717, 1.165) is 12.8 Å². The summed E-state index contributed by atoms with van der Waals surface area (Å²) < 4.78 is 0. The summed E-state index contributed by atoms with van der Waals surface area (Å²) in [6, 6.07) is 0. The number of aliphatic hydroxyl groups is 2. The first-order chi connectivity index (χ1) is 5.01. The first-order valence-corrected chi connectivity index (χ1v) is 4.46. The molecule has 0 aliphatic heterocycles. The van der Waals surface area contributed by atoms with Crippen molar-refractivity contribution < 1.29 is 10.2 Å². The average Bonchev–Trinajstić information content (AvgIpc) is 1.86. The van der Waals surface area contributed by atoms with E-state index < -0.39 is 5.79 Å². The second-order valence-corrected chi connectivity index (χ2v) is 4.06. The van der Waals surface area contributed by atoms with Crippen molar-refractivity contribution in [3.63, 3.8) is 0 Å². The lowest BCUT2D eigenvalue weighted by molar-refractivity contribution is -0.185. The molecule has 4 heteroatoms. The van der Waals surface area contributed by atoms with Gasteiger partial charge in [0.15, 0.2) is 5.79 Å². The predicted octanol–water partition coefficient (Wildman–Crippen LogP) is -1.13. The van der Waals surface area contributed by atoms with Gasteiger partial charge in [-0.05, 0) is 12.8 Å². The molecule has 2 N–H and O–H groups in total. The van der Waals surface area contributed by atoms with Gasteiger partial charge >= 0.3 is 0 Å². The Balaban J connectivity index is 2.36. The minimum atomic E-state index is -1.36. The van der Waals surface area contributed by atoms with Gasteiger partial charge < -0.3 is 10.2 Å². The molecule has 1 aliphatic carbocycles. The van der Waals surface area contributed by atoms with Crippen LogP contribution in [-0.2, 0) is 0 Å². The monoisotopic (exact) mass is 154 g/mol. The van der Waals surface area contributed by atoms with E-state index >= 15 is 0 Å². The Bertz CT molecular complexity index is 126. The summed E-state index contributed by atoms with van der Waals surface area (Å²) in [6.07, 6.45) is 3.03. The molecule has 0 spiro atoms. The second-order valence-electron chi connectivity index (χ2n) is 4.06. The molecule has 1 fully saturated rings. The molecule has 0 radical (unpaired) electrons. The van der Waals surface area contributed by atoms with E-state index in [4.69, 9.17) is 0 Å². The van der Waals surface area contributed by atoms with Gasteiger partial charge in [-0.2, -0.15) is 0 Å². The minimum Gasteiger partial charge on any atom is -0.366 e. The molecule has 11 heavy (non-hydrogen) atoms. The van der Waals surface area contributed by atoms with Crippen LogP contribution in [0.4, 0.5) is 0 Å². The Morgan fingerprint density at radius 1 is 1.18 bits per heavy atom. The SMILES string of the molecule is BC(B)C1CCC(O)(O)CC1. The normalized spacial score (nSPS) is 25.7. The zero-order chi connectivity index (χ0) is 8.48. The van der Waals surface area contributed by atoms with Gasteiger partial charge in [-0.3, -0.25) is 0 Å². The zero-order valence-corrected chi connectivity index (χ0v) is 7.38. The maximum Gasteiger partial charge on any atom is 0.162 e. The fourth-order valence-corrected chi connectivity index (χ4v) is 1.77. The van der Waals surface area contributed by atoms with Crippen LogP contribution in [0.25, 0.3) is 0 Å². The molecule has 0 aromatic heterocycles. The Morgan fingerprint density at radius 3 is 2.00 bits per heavy atom. The van der Waals surface area contributed by atoms with E-state index in [1.807, 2.05) is 0 Å². The fraction of sp³-hybridized carbons (Fsp3) is 1.00. The quantitative estimate of drug-likeness (QED) is 0.370. The summed E-state index contributed by atoms with van der Waals surface area (Å²) in [5.41, 5.74) is 0.686. The van der Waals surface area contributed by atoms with Gasteiger partial charge in [0.2, 0.25) is 0 Å². The topological polar surface area (TPSA) is 40.5 Å². The van der Waals surface area contributed by atoms with Crippen LogP contribution < -0.4 is 0 Å². The van der Waals surface area contributed by atoms with E-state index in [9.17, 15) is 10.2 Å². The van der Waals surface area contributed by atoms with Crippen molar-refractivity contribution in [2.75, 3.05) is 0 Å². The zero-order valence-electron chi connectivity index (χ0n) is 7.38. The van der Waals surface area contributed by atoms with Gasteiger partial charge in [0.05, 0.1) is 15.7 Å². The predicted molar refractivity (Wildman–Crippen MR) is 50.0 cm³/mol. The summed E-state index contributed by atoms with van der Waals surface area (Å²) in [6.45, 7) is 0. The van der Waals surface area contributed by atoms with E-state index in [-0.39, 0.29) is 0 Å². The summed E-state index contributed by atoms with van der Waals surface area (Å²) in [7, 11) is 4.40. The summed E-state index contributed by atoms with van der Waals surface area (Å²) in [4.78, 5) is 0. The molecule has 0 atom stereocenters. The van der Waals surface area contributed by atoms with Gasteiger partial charge in [-0.1, -0.05) is 11.6 Å². The van der Waals surface area contributed by atoms with Crippen molar-refractivity contribution in [2.45, 2.75) is 37.2 Å². The number of hydrogen-bond acceptors (Lipinski definition) is 2. The Kier molecular flexibility index (Phi) is 2.66. The Labute approximate surface area is 69.8 Å². The van der Waals surface area contributed by atoms with Crippen molar-refractivity contribution in [1.82, 2.24) is 0 Å². The molecule has 0 aromatic rings. The van der Waals surface area contributed by atoms with Crippen LogP contribution in [0.2, 0.25) is 5.72 Å². The highest BCUT2D eigenvalue weighted by atomic mass is 16.5. The summed E-state index contributed by atoms with van der Waals surface area (Å²) >= 11 is 0. The van der Waals surface area contributed by atoms with Crippen molar-refractivity contribution in [3.8, 4) is 0 Å². The minimum absolute atomic E-state index is 0.551. The van der Waals surface area contributed by atoms with Crippen LogP contribution in [0.1, 0.15) is 25.7 Å². The second kappa shape index (κ2) is 3.20. The van der Waals surface area contributed by atoms with Crippen LogP contribution in [0.15, 0.2) is 0 Å². The first kappa shape index (κ1) is 9.14. The molecule has 1 aliphatic rings. The largest absolute Gasteiger partial charge is 0.366 e. The van der Waals surface area contributed by atoms with Gasteiger partial charge in [-0.25, -0.2) is 0 Å². The molecule has 0 unspecified atom stereocenters. The smallest absolute Gasteiger partial charge is 0.162 e. The van der Waals surface area contributed by atoms with Gasteiger partial charge in [-0.15, -0.1) is 0 Å². The average molecular weight is 154 g/mol. The third-order valence-electron chi connectivity index (χ3n) is 2.77. The molecule has 0 saturated heterocycles. The maximum absolute atomic E-state index is 9.23. The van der Waals surface area contributed by atoms with E-state index in [1.54, 1.807) is 0 Å². The van der Waals surface area contributed by atoms with Crippen LogP contribution in [0, 0.1) is 5.92 Å². The maximum atomic E-state index is 9.23. The Morgan fingerprint density at radius 2 is 1.64 bits per heavy atom. The molecule has 1 saturated carbocycles. The molecule has 0 bridgehead atoms. The van der Waals surface area contributed by atoms with E-state index in [2.05, 4.69) is 15.7 Å². The third-order valence-corrected chi connectivity index (χ3v) is 2.77. The van der Waals surface area contributed by atoms with Crippen LogP contribution in [0.5, 0.6) is 0 Å². The first-order valence-electron chi connectivity index (χ1n) is 4.46. The summed E-state index contributed by atoms with van der Waals surface area (Å²) in [5, 5.41) is 18.5. The molecule has 0 amide bonds. The lowest BCUT2D eigenvalue weighted by Gasteiger charge is -2.33. The van der Waals surface area contributed by atoms with Crippen molar-refractivity contribution in [3.05, 3.63) is 0 Å². The summed E-state index contributed by atoms with van der Waals surface area (Å²) in [5.74, 6) is -0.659. The van der Waals surface area contributed by atoms with Crippen LogP contribution in [-0.4, -0.2) is 31.7 Å². The van der Waals surface area contributed by atoms with Gasteiger partial charge in [0.1, 0.15) is 0 Å². The molecule has 1 rings (SSSR count). The highest BCUT2D eigenvalue weighted by Gasteiger charge is 2.31. The van der Waals surface area contributed by atoms with Crippen molar-refractivity contribution in [1.29, 1.82) is 0 Å². The Hall–Kier alpha value is 0.0499. The molecular formula is C7H16B2O2. The molecule has 0 aromatic carbocycles.